The molecule has 0 spiro atoms. The van der Waals surface area contributed by atoms with Crippen LogP contribution in [0.1, 0.15) is 35.2 Å². The van der Waals surface area contributed by atoms with Crippen LogP contribution in [0.25, 0.3) is 0 Å². The molecule has 1 amide bonds. The third-order valence-electron chi connectivity index (χ3n) is 4.59. The molecule has 0 bridgehead atoms. The van der Waals surface area contributed by atoms with Gasteiger partial charge in [-0.3, -0.25) is 14.5 Å². The Bertz CT molecular complexity index is 1040. The molecule has 0 saturated carbocycles. The first-order chi connectivity index (χ1) is 14.0. The fraction of sp³-hybridized carbons (Fsp3) is 0.182. The second-order valence-corrected chi connectivity index (χ2v) is 8.40. The summed E-state index contributed by atoms with van der Waals surface area (Å²) in [6.45, 7) is 2.66. The van der Waals surface area contributed by atoms with Gasteiger partial charge in [-0.2, -0.15) is 0 Å². The van der Waals surface area contributed by atoms with E-state index < -0.39 is 10.0 Å². The normalized spacial score (nSPS) is 12.2. The standard InChI is InChI=1S/C22H23N3O3S/c1-17(18-5-3-2-4-6-18)11-16-24-22(26)19-7-9-21(10-8-19)29(27,28)25-20-12-14-23-15-13-20/h2-10,12-15,17H,11,16H2,1H3,(H,23,25)(H,24,26). The molecule has 0 aliphatic carbocycles. The number of carbonyl (C=O) groups excluding carboxylic acids is 1. The van der Waals surface area contributed by atoms with E-state index in [1.54, 1.807) is 12.1 Å². The van der Waals surface area contributed by atoms with E-state index in [2.05, 4.69) is 34.1 Å². The largest absolute Gasteiger partial charge is 0.352 e. The Kier molecular flexibility index (Phi) is 6.61. The van der Waals surface area contributed by atoms with Gasteiger partial charge in [0.15, 0.2) is 0 Å². The second kappa shape index (κ2) is 9.34. The summed E-state index contributed by atoms with van der Waals surface area (Å²) in [5.41, 5.74) is 2.08. The number of hydrogen-bond acceptors (Lipinski definition) is 4. The second-order valence-electron chi connectivity index (χ2n) is 6.72. The van der Waals surface area contributed by atoms with Crippen LogP contribution >= 0.6 is 0 Å². The van der Waals surface area contributed by atoms with Crippen LogP contribution in [0.2, 0.25) is 0 Å². The molecule has 3 aromatic rings. The van der Waals surface area contributed by atoms with Gasteiger partial charge in [0.05, 0.1) is 10.6 Å². The quantitative estimate of drug-likeness (QED) is 0.592. The smallest absolute Gasteiger partial charge is 0.261 e. The molecule has 1 atom stereocenters. The summed E-state index contributed by atoms with van der Waals surface area (Å²) in [6, 6.07) is 19.1. The molecule has 150 valence electrons. The number of hydrogen-bond donors (Lipinski definition) is 2. The number of sulfonamides is 1. The van der Waals surface area contributed by atoms with Crippen LogP contribution in [0.3, 0.4) is 0 Å². The molecule has 0 aliphatic heterocycles. The first-order valence-corrected chi connectivity index (χ1v) is 10.8. The average molecular weight is 410 g/mol. The highest BCUT2D eigenvalue weighted by atomic mass is 32.2. The van der Waals surface area contributed by atoms with Crippen LogP contribution in [0.15, 0.2) is 84.0 Å². The predicted octanol–water partition coefficient (Wildman–Crippen LogP) is 3.81. The Morgan fingerprint density at radius 2 is 1.62 bits per heavy atom. The summed E-state index contributed by atoms with van der Waals surface area (Å²) in [5, 5.41) is 2.89. The van der Waals surface area contributed by atoms with Crippen molar-refractivity contribution in [2.45, 2.75) is 24.2 Å². The summed E-state index contributed by atoms with van der Waals surface area (Å²) in [7, 11) is -3.72. The Balaban J connectivity index is 1.56. The molecule has 7 heteroatoms. The molecular weight excluding hydrogens is 386 g/mol. The maximum absolute atomic E-state index is 12.4. The number of rotatable bonds is 8. The van der Waals surface area contributed by atoms with Crippen molar-refractivity contribution in [2.75, 3.05) is 11.3 Å². The highest BCUT2D eigenvalue weighted by Crippen LogP contribution is 2.18. The van der Waals surface area contributed by atoms with E-state index in [-0.39, 0.29) is 10.8 Å². The molecule has 2 N–H and O–H groups in total. The summed E-state index contributed by atoms with van der Waals surface area (Å²) in [6.07, 6.45) is 3.83. The Labute approximate surface area is 171 Å². The van der Waals surface area contributed by atoms with Gasteiger partial charge in [0.1, 0.15) is 0 Å². The number of nitrogens with zero attached hydrogens (tertiary/aromatic N) is 1. The minimum Gasteiger partial charge on any atom is -0.352 e. The lowest BCUT2D eigenvalue weighted by molar-refractivity contribution is 0.0952. The summed E-state index contributed by atoms with van der Waals surface area (Å²) in [4.78, 5) is 16.3. The van der Waals surface area contributed by atoms with Gasteiger partial charge in [-0.15, -0.1) is 0 Å². The van der Waals surface area contributed by atoms with Crippen molar-refractivity contribution in [3.05, 3.63) is 90.3 Å². The molecule has 1 unspecified atom stereocenters. The van der Waals surface area contributed by atoms with Gasteiger partial charge in [0, 0.05) is 24.5 Å². The molecule has 0 fully saturated rings. The van der Waals surface area contributed by atoms with Gasteiger partial charge in [0.2, 0.25) is 0 Å². The molecule has 1 heterocycles. The van der Waals surface area contributed by atoms with E-state index in [1.807, 2.05) is 18.2 Å². The highest BCUT2D eigenvalue weighted by molar-refractivity contribution is 7.92. The number of anilines is 1. The van der Waals surface area contributed by atoms with Crippen molar-refractivity contribution in [1.29, 1.82) is 0 Å². The molecule has 0 saturated heterocycles. The number of pyridine rings is 1. The maximum atomic E-state index is 12.4. The van der Waals surface area contributed by atoms with Gasteiger partial charge in [-0.05, 0) is 54.3 Å². The van der Waals surface area contributed by atoms with Crippen LogP contribution in [0.4, 0.5) is 5.69 Å². The Hall–Kier alpha value is -3.19. The number of amides is 1. The predicted molar refractivity (Wildman–Crippen MR) is 113 cm³/mol. The minimum absolute atomic E-state index is 0.0866. The summed E-state index contributed by atoms with van der Waals surface area (Å²) in [5.74, 6) is 0.111. The lowest BCUT2D eigenvalue weighted by atomic mass is 9.98. The van der Waals surface area contributed by atoms with Gasteiger partial charge >= 0.3 is 0 Å². The van der Waals surface area contributed by atoms with E-state index in [4.69, 9.17) is 0 Å². The molecule has 3 rings (SSSR count). The van der Waals surface area contributed by atoms with Crippen molar-refractivity contribution < 1.29 is 13.2 Å². The molecule has 6 nitrogen and oxygen atoms in total. The van der Waals surface area contributed by atoms with Crippen LogP contribution in [-0.4, -0.2) is 25.9 Å². The highest BCUT2D eigenvalue weighted by Gasteiger charge is 2.15. The van der Waals surface area contributed by atoms with Crippen LogP contribution < -0.4 is 10.0 Å². The molecule has 2 aromatic carbocycles. The molecule has 29 heavy (non-hydrogen) atoms. The average Bonchev–Trinajstić information content (AvgIpc) is 2.74. The van der Waals surface area contributed by atoms with Crippen LogP contribution in [0, 0.1) is 0 Å². The lowest BCUT2D eigenvalue weighted by Crippen LogP contribution is -2.25. The van der Waals surface area contributed by atoms with Crippen molar-refractivity contribution in [3.8, 4) is 0 Å². The zero-order valence-electron chi connectivity index (χ0n) is 16.1. The summed E-state index contributed by atoms with van der Waals surface area (Å²) >= 11 is 0. The number of aromatic nitrogens is 1. The Morgan fingerprint density at radius 3 is 2.28 bits per heavy atom. The van der Waals surface area contributed by atoms with Crippen molar-refractivity contribution in [2.24, 2.45) is 0 Å². The third-order valence-corrected chi connectivity index (χ3v) is 5.99. The molecular formula is C22H23N3O3S. The van der Waals surface area contributed by atoms with Crippen LogP contribution in [0.5, 0.6) is 0 Å². The minimum atomic E-state index is -3.72. The monoisotopic (exact) mass is 409 g/mol. The molecule has 0 radical (unpaired) electrons. The van der Waals surface area contributed by atoms with E-state index >= 15 is 0 Å². The van der Waals surface area contributed by atoms with Crippen molar-refractivity contribution in [3.63, 3.8) is 0 Å². The van der Waals surface area contributed by atoms with Gasteiger partial charge in [-0.25, -0.2) is 8.42 Å². The van der Waals surface area contributed by atoms with Gasteiger partial charge in [-0.1, -0.05) is 37.3 Å². The van der Waals surface area contributed by atoms with E-state index in [0.29, 0.717) is 23.7 Å². The van der Waals surface area contributed by atoms with E-state index in [1.165, 1.54) is 42.2 Å². The van der Waals surface area contributed by atoms with Gasteiger partial charge < -0.3 is 5.32 Å². The maximum Gasteiger partial charge on any atom is 0.261 e. The fourth-order valence-electron chi connectivity index (χ4n) is 2.87. The lowest BCUT2D eigenvalue weighted by Gasteiger charge is -2.12. The zero-order valence-corrected chi connectivity index (χ0v) is 16.9. The molecule has 0 aliphatic rings. The SMILES string of the molecule is CC(CCNC(=O)c1ccc(S(=O)(=O)Nc2ccncc2)cc1)c1ccccc1. The Morgan fingerprint density at radius 1 is 0.966 bits per heavy atom. The third kappa shape index (κ3) is 5.65. The number of benzene rings is 2. The molecule has 1 aromatic heterocycles. The van der Waals surface area contributed by atoms with E-state index in [9.17, 15) is 13.2 Å². The van der Waals surface area contributed by atoms with E-state index in [0.717, 1.165) is 6.42 Å². The fourth-order valence-corrected chi connectivity index (χ4v) is 3.93. The number of nitrogens with one attached hydrogen (secondary N) is 2. The first-order valence-electron chi connectivity index (χ1n) is 9.32. The summed E-state index contributed by atoms with van der Waals surface area (Å²) < 4.78 is 27.3. The van der Waals surface area contributed by atoms with Crippen LogP contribution in [-0.2, 0) is 10.0 Å². The first kappa shape index (κ1) is 20.5. The number of carbonyl (C=O) groups is 1. The van der Waals surface area contributed by atoms with Crippen molar-refractivity contribution >= 4 is 21.6 Å². The van der Waals surface area contributed by atoms with Gasteiger partial charge in [0.25, 0.3) is 15.9 Å². The topological polar surface area (TPSA) is 88.2 Å². The zero-order chi connectivity index (χ0) is 20.7. The van der Waals surface area contributed by atoms with Crippen molar-refractivity contribution in [1.82, 2.24) is 10.3 Å².